The van der Waals surface area contributed by atoms with Crippen LogP contribution in [0.25, 0.3) is 0 Å². The van der Waals surface area contributed by atoms with Crippen molar-refractivity contribution in [2.45, 2.75) is 191 Å². The molecule has 29 heteroatoms. The molecule has 0 bridgehead atoms. The number of aromatic nitrogens is 9. The number of nitriles is 2. The summed E-state index contributed by atoms with van der Waals surface area (Å²) in [5.41, 5.74) is 20.1. The second-order valence-electron chi connectivity index (χ2n) is 29.1. The molecule has 6 fully saturated rings. The number of carbonyl (C=O) groups excluding carboxylic acids is 3. The summed E-state index contributed by atoms with van der Waals surface area (Å²) in [6, 6.07) is 24.2. The van der Waals surface area contributed by atoms with Gasteiger partial charge >= 0.3 is 5.97 Å². The zero-order chi connectivity index (χ0) is 75.7. The van der Waals surface area contributed by atoms with Crippen LogP contribution in [0.1, 0.15) is 256 Å². The van der Waals surface area contributed by atoms with Gasteiger partial charge in [-0.1, -0.05) is 39.0 Å². The topological polar surface area (TPSA) is 364 Å². The molecule has 23 nitrogen and oxygen atoms in total. The van der Waals surface area contributed by atoms with Crippen LogP contribution in [-0.2, 0) is 0 Å². The van der Waals surface area contributed by atoms with Crippen LogP contribution in [0.5, 0.6) is 0 Å². The Morgan fingerprint density at radius 1 is 0.486 bits per heavy atom. The van der Waals surface area contributed by atoms with Crippen molar-refractivity contribution in [2.24, 2.45) is 29.2 Å². The van der Waals surface area contributed by atoms with E-state index in [1.165, 1.54) is 58.9 Å². The molecule has 0 radical (unpaired) electrons. The Morgan fingerprint density at radius 3 is 1.19 bits per heavy atom. The lowest BCUT2D eigenvalue weighted by atomic mass is 9.76. The molecule has 0 aliphatic heterocycles. The standard InChI is InChI=1S/C26H29FN6O2S.C26H27FN6OS.C16H20N6S.C10H9FO2/c1-13-3-7-17(30-26(35)18-8-6-16(10-20(18)27)15-4-5-15)11-19(13)21-12-29-23(24(28)34)25(31-21)32-22-9-14(2)33-36-22;1-14-3-7-18(30-26(34)19-8-6-17(10-21(19)27)16-4-5-16)11-20(14)23-13-29-22(12-28)25(31-23)32-24-9-15(2)33-35-24;1-9-3-4-11(18)6-12(9)14-8-19-13(7-17)16(20-14)21-15-5-10(2)22-23-15;11-9-5-7(6-1-2-6)3-4-8(9)10(12)13/h6,8-10,12-13,15,17,19H,3-5,7,11H2,1-2H3,(H2,28,34)(H,30,35)(H,31,32);6,8-10,13-14,16,18,20H,3-5,7,11H2,1-2H3,(H,30,34)(H,31,32);5,8-9,11-12H,3-4,6,18H2,1-2H3,(H,20,21);3-6H,1-2H2,(H,12,13)/t13-,17+,19?;;;/m0.../s1. The molecule has 556 valence electrons. The van der Waals surface area contributed by atoms with E-state index in [9.17, 15) is 42.9 Å². The highest BCUT2D eigenvalue weighted by Crippen LogP contribution is 2.45. The predicted octanol–water partition coefficient (Wildman–Crippen LogP) is 15.9. The first-order chi connectivity index (χ1) is 51.4. The van der Waals surface area contributed by atoms with Crippen molar-refractivity contribution in [3.63, 3.8) is 0 Å². The molecule has 7 unspecified atom stereocenters. The number of carboxylic acid groups (broad SMARTS) is 1. The van der Waals surface area contributed by atoms with E-state index in [4.69, 9.17) is 26.5 Å². The SMILES string of the molecule is Cc1cc(Nc2nc(C3CC(N)CCC3C)cnc2C#N)sn1.Cc1cc(Nc2nc(C3CC(NC(=O)c4ccc(C5CC5)cc4F)CCC3C)cnc2C#N)sn1.Cc1cc(Nc2nc(C3C[C@H](NC(=O)c4ccc(C5CC5)cc4F)CC[C@@H]3C)cnc2C(N)=O)sn1.O=C(O)c1ccc(C2CC2)cc1F. The lowest BCUT2D eigenvalue weighted by molar-refractivity contribution is 0.0690. The van der Waals surface area contributed by atoms with Crippen LogP contribution in [0.2, 0.25) is 0 Å². The maximum atomic E-state index is 14.6. The number of benzene rings is 3. The molecule has 6 aromatic heterocycles. The number of nitrogens with one attached hydrogen (secondary N) is 5. The highest BCUT2D eigenvalue weighted by Gasteiger charge is 2.36. The molecule has 6 saturated carbocycles. The van der Waals surface area contributed by atoms with Gasteiger partial charge in [0.15, 0.2) is 34.5 Å². The van der Waals surface area contributed by atoms with Gasteiger partial charge in [-0.05, 0) is 258 Å². The van der Waals surface area contributed by atoms with Crippen molar-refractivity contribution in [1.29, 1.82) is 10.5 Å². The summed E-state index contributed by atoms with van der Waals surface area (Å²) in [6.45, 7) is 12.3. The predicted molar refractivity (Wildman–Crippen MR) is 404 cm³/mol. The Bertz CT molecular complexity index is 4830. The number of aromatic carboxylic acids is 1. The van der Waals surface area contributed by atoms with Gasteiger partial charge < -0.3 is 43.2 Å². The number of rotatable bonds is 18. The first kappa shape index (κ1) is 76.4. The third-order valence-corrected chi connectivity index (χ3v) is 23.1. The monoisotopic (exact) mass is 1510 g/mol. The number of hydrogen-bond acceptors (Lipinski definition) is 22. The quantitative estimate of drug-likeness (QED) is 0.0395. The molecule has 3 aromatic carbocycles. The maximum absolute atomic E-state index is 14.6. The number of nitrogens with zero attached hydrogens (tertiary/aromatic N) is 11. The number of anilines is 6. The normalized spacial score (nSPS) is 21.6. The molecule has 6 heterocycles. The Kier molecular flexibility index (Phi) is 24.4. The fourth-order valence-corrected chi connectivity index (χ4v) is 16.1. The Balaban J connectivity index is 0.000000141. The Hall–Kier alpha value is -10.2. The van der Waals surface area contributed by atoms with Gasteiger partial charge in [0.2, 0.25) is 0 Å². The van der Waals surface area contributed by atoms with Crippen LogP contribution < -0.4 is 38.1 Å². The summed E-state index contributed by atoms with van der Waals surface area (Å²) < 4.78 is 55.1. The van der Waals surface area contributed by atoms with Crippen molar-refractivity contribution in [3.05, 3.63) is 193 Å². The first-order valence-corrected chi connectivity index (χ1v) is 38.6. The van der Waals surface area contributed by atoms with Crippen LogP contribution in [0, 0.1) is 78.6 Å². The van der Waals surface area contributed by atoms with E-state index >= 15 is 0 Å². The number of aryl methyl sites for hydroxylation is 3. The van der Waals surface area contributed by atoms with Crippen molar-refractivity contribution in [3.8, 4) is 12.1 Å². The van der Waals surface area contributed by atoms with Crippen molar-refractivity contribution < 1.29 is 37.5 Å². The van der Waals surface area contributed by atoms with Crippen LogP contribution in [0.3, 0.4) is 0 Å². The van der Waals surface area contributed by atoms with E-state index in [1.54, 1.807) is 36.8 Å². The highest BCUT2D eigenvalue weighted by atomic mass is 32.1. The summed E-state index contributed by atoms with van der Waals surface area (Å²) >= 11 is 3.91. The van der Waals surface area contributed by atoms with Gasteiger partial charge in [-0.2, -0.15) is 23.6 Å². The third kappa shape index (κ3) is 19.7. The van der Waals surface area contributed by atoms with Gasteiger partial charge in [0.25, 0.3) is 17.7 Å². The van der Waals surface area contributed by atoms with Gasteiger partial charge in [0, 0.05) is 42.1 Å². The van der Waals surface area contributed by atoms with Crippen molar-refractivity contribution in [2.75, 3.05) is 16.0 Å². The lowest BCUT2D eigenvalue weighted by Gasteiger charge is -2.34. The van der Waals surface area contributed by atoms with Crippen LogP contribution in [0.15, 0.2) is 91.4 Å². The molecule has 3 amide bonds. The number of hydrogen-bond donors (Lipinski definition) is 8. The van der Waals surface area contributed by atoms with Crippen LogP contribution in [0.4, 0.5) is 45.6 Å². The van der Waals surface area contributed by atoms with Crippen molar-refractivity contribution >= 4 is 90.7 Å². The largest absolute Gasteiger partial charge is 0.478 e. The molecule has 9 atom stereocenters. The fraction of sp³-hybridized carbons (Fsp3) is 0.423. The first-order valence-electron chi connectivity index (χ1n) is 36.2. The van der Waals surface area contributed by atoms with Crippen molar-refractivity contribution in [1.82, 2.24) is 53.7 Å². The highest BCUT2D eigenvalue weighted by molar-refractivity contribution is 7.10. The molecule has 6 aliphatic carbocycles. The van der Waals surface area contributed by atoms with Gasteiger partial charge in [0.05, 0.1) is 63.2 Å². The second-order valence-corrected chi connectivity index (χ2v) is 31.5. The lowest BCUT2D eigenvalue weighted by Crippen LogP contribution is -2.40. The summed E-state index contributed by atoms with van der Waals surface area (Å²) in [5, 5.41) is 45.3. The van der Waals surface area contributed by atoms with Gasteiger partial charge in [-0.15, -0.1) is 0 Å². The smallest absolute Gasteiger partial charge is 0.338 e. The molecule has 9 aromatic rings. The summed E-state index contributed by atoms with van der Waals surface area (Å²) in [4.78, 5) is 75.3. The molecule has 6 aliphatic rings. The average Bonchev–Trinajstić information content (AvgIpc) is 1.65. The maximum Gasteiger partial charge on any atom is 0.338 e. The number of primary amides is 1. The molecule has 107 heavy (non-hydrogen) atoms. The Labute approximate surface area is 631 Å². The zero-order valence-electron chi connectivity index (χ0n) is 60.2. The number of carboxylic acids is 1. The van der Waals surface area contributed by atoms with E-state index in [0.717, 1.165) is 149 Å². The number of halogens is 3. The molecule has 0 spiro atoms. The zero-order valence-corrected chi connectivity index (χ0v) is 62.7. The minimum absolute atomic E-state index is 0.00399. The molecule has 0 saturated heterocycles. The number of amides is 3. The number of carbonyl (C=O) groups is 4. The summed E-state index contributed by atoms with van der Waals surface area (Å²) in [7, 11) is 0. The number of nitrogens with two attached hydrogens (primary N) is 2. The summed E-state index contributed by atoms with van der Waals surface area (Å²) in [5.74, 6) is -0.189. The van der Waals surface area contributed by atoms with Gasteiger partial charge in [-0.3, -0.25) is 14.4 Å². The van der Waals surface area contributed by atoms with Gasteiger partial charge in [-0.25, -0.2) is 47.9 Å². The molecule has 15 rings (SSSR count). The molecule has 10 N–H and O–H groups in total. The van der Waals surface area contributed by atoms with Crippen LogP contribution >= 0.6 is 34.6 Å². The molecular formula is C78H85F3N18O5S3. The fourth-order valence-electron chi connectivity index (χ4n) is 14.1. The van der Waals surface area contributed by atoms with E-state index in [-0.39, 0.29) is 63.9 Å². The van der Waals surface area contributed by atoms with E-state index < -0.39 is 35.2 Å². The molecular weight excluding hydrogens is 1420 g/mol. The minimum Gasteiger partial charge on any atom is -0.478 e. The Morgan fingerprint density at radius 2 is 0.841 bits per heavy atom. The minimum atomic E-state index is -1.21. The summed E-state index contributed by atoms with van der Waals surface area (Å²) in [6.07, 6.45) is 19.3. The average molecular weight is 1510 g/mol. The van der Waals surface area contributed by atoms with E-state index in [1.807, 2.05) is 51.1 Å². The van der Waals surface area contributed by atoms with Crippen LogP contribution in [-0.4, -0.2) is 89.9 Å². The van der Waals surface area contributed by atoms with E-state index in [0.29, 0.717) is 77.4 Å². The van der Waals surface area contributed by atoms with Gasteiger partial charge in [0.1, 0.15) is 44.6 Å². The third-order valence-electron chi connectivity index (χ3n) is 20.7. The second kappa shape index (κ2) is 34.1. The van der Waals surface area contributed by atoms with E-state index in [2.05, 4.69) is 92.6 Å².